The minimum Gasteiger partial charge on any atom is -0.438 e. The second kappa shape index (κ2) is 7.06. The smallest absolute Gasteiger partial charge is 0.291 e. The van der Waals surface area contributed by atoms with Crippen molar-refractivity contribution in [2.75, 3.05) is 23.3 Å². The van der Waals surface area contributed by atoms with Crippen LogP contribution in [0.15, 0.2) is 39.8 Å². The van der Waals surface area contributed by atoms with Crippen molar-refractivity contribution in [2.45, 2.75) is 25.9 Å². The lowest BCUT2D eigenvalue weighted by atomic mass is 10.1. The molecule has 0 aliphatic heterocycles. The number of carbonyl (C=O) groups is 1. The normalized spacial score (nSPS) is 11.3. The zero-order chi connectivity index (χ0) is 17.9. The molecule has 0 unspecified atom stereocenters. The summed E-state index contributed by atoms with van der Waals surface area (Å²) in [4.78, 5) is 14.4. The van der Waals surface area contributed by atoms with Gasteiger partial charge in [0.15, 0.2) is 5.76 Å². The maximum atomic E-state index is 12.2. The Bertz CT molecular complexity index is 839. The van der Waals surface area contributed by atoms with E-state index < -0.39 is 21.0 Å². The first kappa shape index (κ1) is 18.0. The van der Waals surface area contributed by atoms with Gasteiger partial charge in [0.2, 0.25) is 5.09 Å². The van der Waals surface area contributed by atoms with Crippen LogP contribution in [0.5, 0.6) is 0 Å². The molecule has 0 fully saturated rings. The van der Waals surface area contributed by atoms with Crippen LogP contribution < -0.4 is 15.4 Å². The number of nitrogens with zero attached hydrogens (tertiary/aromatic N) is 1. The zero-order valence-electron chi connectivity index (χ0n) is 13.9. The molecule has 0 bridgehead atoms. The predicted molar refractivity (Wildman–Crippen MR) is 92.8 cm³/mol. The van der Waals surface area contributed by atoms with Crippen molar-refractivity contribution in [1.82, 2.24) is 0 Å². The van der Waals surface area contributed by atoms with Crippen LogP contribution >= 0.6 is 0 Å². The van der Waals surface area contributed by atoms with Gasteiger partial charge < -0.3 is 14.6 Å². The third-order valence-corrected chi connectivity index (χ3v) is 4.45. The highest BCUT2D eigenvalue weighted by atomic mass is 32.2. The summed E-state index contributed by atoms with van der Waals surface area (Å²) in [5.41, 5.74) is 2.60. The van der Waals surface area contributed by atoms with Crippen molar-refractivity contribution < 1.29 is 17.6 Å². The summed E-state index contributed by atoms with van der Waals surface area (Å²) in [6.07, 6.45) is 0. The van der Waals surface area contributed by atoms with E-state index in [1.165, 1.54) is 6.07 Å². The van der Waals surface area contributed by atoms with Crippen LogP contribution in [0.3, 0.4) is 0 Å². The minimum absolute atomic E-state index is 0.119. The molecule has 1 aromatic carbocycles. The second-order valence-electron chi connectivity index (χ2n) is 5.29. The third kappa shape index (κ3) is 3.95. The Labute approximate surface area is 141 Å². The van der Waals surface area contributed by atoms with E-state index in [1.807, 2.05) is 25.1 Å². The summed E-state index contributed by atoms with van der Waals surface area (Å²) in [6, 6.07) is 8.15. The second-order valence-corrected chi connectivity index (χ2v) is 6.78. The van der Waals surface area contributed by atoms with E-state index in [4.69, 9.17) is 9.56 Å². The minimum atomic E-state index is -3.97. The number of nitrogens with two attached hydrogens (primary N) is 1. The Kier molecular flexibility index (Phi) is 5.30. The Morgan fingerprint density at radius 2 is 1.88 bits per heavy atom. The zero-order valence-corrected chi connectivity index (χ0v) is 14.7. The van der Waals surface area contributed by atoms with E-state index in [-0.39, 0.29) is 5.76 Å². The van der Waals surface area contributed by atoms with Crippen molar-refractivity contribution in [3.05, 3.63) is 41.7 Å². The quantitative estimate of drug-likeness (QED) is 0.831. The first-order valence-electron chi connectivity index (χ1n) is 7.55. The molecule has 1 heterocycles. The van der Waals surface area contributed by atoms with Gasteiger partial charge in [-0.25, -0.2) is 13.6 Å². The van der Waals surface area contributed by atoms with Gasteiger partial charge in [0.1, 0.15) is 0 Å². The number of amides is 1. The largest absolute Gasteiger partial charge is 0.438 e. The molecule has 0 atom stereocenters. The van der Waals surface area contributed by atoms with E-state index in [0.717, 1.165) is 30.4 Å². The average Bonchev–Trinajstić information content (AvgIpc) is 3.01. The average molecular weight is 351 g/mol. The molecule has 0 radical (unpaired) electrons. The first-order chi connectivity index (χ1) is 11.3. The molecule has 1 aromatic heterocycles. The molecular formula is C16H21N3O4S. The van der Waals surface area contributed by atoms with Crippen molar-refractivity contribution in [2.24, 2.45) is 5.14 Å². The Morgan fingerprint density at radius 1 is 1.21 bits per heavy atom. The summed E-state index contributed by atoms with van der Waals surface area (Å²) in [5.74, 6) is -0.658. The van der Waals surface area contributed by atoms with Crippen LogP contribution in [-0.2, 0) is 10.0 Å². The van der Waals surface area contributed by atoms with E-state index >= 15 is 0 Å². The van der Waals surface area contributed by atoms with Crippen molar-refractivity contribution in [3.8, 4) is 0 Å². The fourth-order valence-corrected chi connectivity index (χ4v) is 2.82. The first-order valence-corrected chi connectivity index (χ1v) is 9.10. The van der Waals surface area contributed by atoms with Crippen LogP contribution in [0.25, 0.3) is 0 Å². The molecule has 0 saturated heterocycles. The summed E-state index contributed by atoms with van der Waals surface area (Å²) < 4.78 is 27.4. The third-order valence-electron chi connectivity index (χ3n) is 3.67. The number of nitrogens with one attached hydrogen (secondary N) is 1. The molecule has 2 aromatic rings. The summed E-state index contributed by atoms with van der Waals surface area (Å²) in [7, 11) is -3.97. The molecule has 130 valence electrons. The molecule has 8 heteroatoms. The van der Waals surface area contributed by atoms with Gasteiger partial charge >= 0.3 is 0 Å². The number of anilines is 2. The molecule has 0 saturated carbocycles. The number of furan rings is 1. The Hall–Kier alpha value is -2.32. The molecule has 0 aliphatic rings. The van der Waals surface area contributed by atoms with E-state index in [0.29, 0.717) is 5.69 Å². The topological polar surface area (TPSA) is 106 Å². The lowest BCUT2D eigenvalue weighted by Crippen LogP contribution is -2.22. The molecule has 1 amide bonds. The van der Waals surface area contributed by atoms with Crippen LogP contribution in [0.1, 0.15) is 30.0 Å². The number of hydrogen-bond donors (Lipinski definition) is 2. The number of carbonyl (C=O) groups excluding carboxylic acids is 1. The maximum Gasteiger partial charge on any atom is 0.291 e. The number of rotatable bonds is 6. The van der Waals surface area contributed by atoms with Crippen molar-refractivity contribution in [3.63, 3.8) is 0 Å². The van der Waals surface area contributed by atoms with E-state index in [2.05, 4.69) is 24.1 Å². The highest BCUT2D eigenvalue weighted by Crippen LogP contribution is 2.23. The highest BCUT2D eigenvalue weighted by molar-refractivity contribution is 7.89. The van der Waals surface area contributed by atoms with E-state index in [1.54, 1.807) is 0 Å². The number of hydrogen-bond acceptors (Lipinski definition) is 5. The van der Waals surface area contributed by atoms with Gasteiger partial charge in [-0.3, -0.25) is 4.79 Å². The number of aryl methyl sites for hydroxylation is 1. The lowest BCUT2D eigenvalue weighted by Gasteiger charge is -2.22. The summed E-state index contributed by atoms with van der Waals surface area (Å²) in [5, 5.41) is 7.22. The monoisotopic (exact) mass is 351 g/mol. The maximum absolute atomic E-state index is 12.2. The van der Waals surface area contributed by atoms with Gasteiger partial charge in [-0.15, -0.1) is 0 Å². The Balaban J connectivity index is 2.19. The van der Waals surface area contributed by atoms with Crippen LogP contribution in [0.4, 0.5) is 11.4 Å². The van der Waals surface area contributed by atoms with Crippen LogP contribution in [0.2, 0.25) is 0 Å². The number of benzene rings is 1. The van der Waals surface area contributed by atoms with Gasteiger partial charge in [0, 0.05) is 24.5 Å². The van der Waals surface area contributed by atoms with Gasteiger partial charge in [0.25, 0.3) is 15.9 Å². The van der Waals surface area contributed by atoms with Crippen molar-refractivity contribution in [1.29, 1.82) is 0 Å². The SMILES string of the molecule is CCN(CC)c1ccc(NC(=O)c2ccc(S(N)(=O)=O)o2)c(C)c1. The highest BCUT2D eigenvalue weighted by Gasteiger charge is 2.18. The lowest BCUT2D eigenvalue weighted by molar-refractivity contribution is 0.0991. The van der Waals surface area contributed by atoms with Gasteiger partial charge in [0.05, 0.1) is 0 Å². The Morgan fingerprint density at radius 3 is 2.38 bits per heavy atom. The van der Waals surface area contributed by atoms with E-state index in [9.17, 15) is 13.2 Å². The van der Waals surface area contributed by atoms with Gasteiger partial charge in [-0.05, 0) is 56.7 Å². The molecule has 3 N–H and O–H groups in total. The summed E-state index contributed by atoms with van der Waals surface area (Å²) in [6.45, 7) is 7.83. The number of primary sulfonamides is 1. The van der Waals surface area contributed by atoms with Crippen LogP contribution in [-0.4, -0.2) is 27.4 Å². The van der Waals surface area contributed by atoms with Gasteiger partial charge in [-0.2, -0.15) is 0 Å². The van der Waals surface area contributed by atoms with Gasteiger partial charge in [-0.1, -0.05) is 0 Å². The number of sulfonamides is 1. The molecule has 2 rings (SSSR count). The fraction of sp³-hybridized carbons (Fsp3) is 0.312. The molecule has 0 spiro atoms. The molecular weight excluding hydrogens is 330 g/mol. The standard InChI is InChI=1S/C16H21N3O4S/c1-4-19(5-2)12-6-7-13(11(3)10-12)18-16(20)14-8-9-15(23-14)24(17,21)22/h6-10H,4-5H2,1-3H3,(H,18,20)(H2,17,21,22). The molecule has 7 nitrogen and oxygen atoms in total. The van der Waals surface area contributed by atoms with Crippen LogP contribution in [0, 0.1) is 6.92 Å². The summed E-state index contributed by atoms with van der Waals surface area (Å²) >= 11 is 0. The predicted octanol–water partition coefficient (Wildman–Crippen LogP) is 2.33. The molecule has 24 heavy (non-hydrogen) atoms. The molecule has 0 aliphatic carbocycles. The fourth-order valence-electron chi connectivity index (χ4n) is 2.35. The van der Waals surface area contributed by atoms with Crippen molar-refractivity contribution >= 4 is 27.3 Å².